The number of nitrogens with zero attached hydrogens (tertiary/aromatic N) is 3. The third kappa shape index (κ3) is 8.91. The van der Waals surface area contributed by atoms with E-state index in [9.17, 15) is 31.5 Å². The molecule has 3 N–H and O–H groups in total. The number of rotatable bonds is 8. The van der Waals surface area contributed by atoms with Crippen LogP contribution in [0.2, 0.25) is 5.02 Å². The van der Waals surface area contributed by atoms with Gasteiger partial charge in [-0.05, 0) is 36.4 Å². The highest BCUT2D eigenvalue weighted by Crippen LogP contribution is 2.31. The van der Waals surface area contributed by atoms with Crippen LogP contribution in [0.1, 0.15) is 16.8 Å². The smallest absolute Gasteiger partial charge is 0.490 e. The summed E-state index contributed by atoms with van der Waals surface area (Å²) < 4.78 is 65.1. The van der Waals surface area contributed by atoms with Gasteiger partial charge in [0.25, 0.3) is 10.0 Å². The molecule has 16 heteroatoms. The van der Waals surface area contributed by atoms with E-state index in [0.717, 1.165) is 13.1 Å². The van der Waals surface area contributed by atoms with Crippen molar-refractivity contribution in [3.8, 4) is 11.8 Å². The molecule has 0 amide bonds. The standard InChI is InChI=1S/C21H23ClN4O5S.C2HF3O2/c1-31-19-6-3-15(22)13-20(19)32(29,30)24-18-5-4-16(14-17(18)21(27)28)26-11-9-25(10-12-26)8-2-7-23;3-2(4,5)1(6)7/h3-6,13-14,24H,2,8-12H2,1H3,(H,27,28);(H,6,7). The van der Waals surface area contributed by atoms with Crippen LogP contribution in [0.4, 0.5) is 24.5 Å². The molecule has 0 aromatic heterocycles. The van der Waals surface area contributed by atoms with Gasteiger partial charge in [-0.25, -0.2) is 18.0 Å². The Kier molecular flexibility index (Phi) is 10.8. The Balaban J connectivity index is 0.000000673. The number of anilines is 2. The Hall–Kier alpha value is -3.74. The predicted molar refractivity (Wildman–Crippen MR) is 135 cm³/mol. The first-order valence-electron chi connectivity index (χ1n) is 11.1. The Labute approximate surface area is 227 Å². The third-order valence-corrected chi connectivity index (χ3v) is 7.03. The molecule has 0 aliphatic carbocycles. The number of aromatic carboxylic acids is 1. The van der Waals surface area contributed by atoms with E-state index in [-0.39, 0.29) is 26.9 Å². The first-order chi connectivity index (χ1) is 18.2. The molecule has 0 radical (unpaired) electrons. The molecule has 1 saturated heterocycles. The number of carboxylic acid groups (broad SMARTS) is 2. The molecule has 39 heavy (non-hydrogen) atoms. The molecule has 1 aliphatic rings. The maximum Gasteiger partial charge on any atom is 0.490 e. The van der Waals surface area contributed by atoms with Gasteiger partial charge in [-0.3, -0.25) is 9.62 Å². The number of carboxylic acids is 2. The highest BCUT2D eigenvalue weighted by Gasteiger charge is 2.38. The number of methoxy groups -OCH3 is 1. The molecule has 0 atom stereocenters. The number of hydrogen-bond acceptors (Lipinski definition) is 8. The molecule has 212 valence electrons. The van der Waals surface area contributed by atoms with Gasteiger partial charge in [-0.1, -0.05) is 11.6 Å². The average molecular weight is 593 g/mol. The van der Waals surface area contributed by atoms with E-state index in [1.807, 2.05) is 4.90 Å². The van der Waals surface area contributed by atoms with Crippen molar-refractivity contribution in [2.24, 2.45) is 0 Å². The maximum absolute atomic E-state index is 12.9. The lowest BCUT2D eigenvalue weighted by Gasteiger charge is -2.36. The van der Waals surface area contributed by atoms with E-state index in [1.54, 1.807) is 6.07 Å². The highest BCUT2D eigenvalue weighted by atomic mass is 35.5. The number of nitrogens with one attached hydrogen (secondary N) is 1. The van der Waals surface area contributed by atoms with Crippen LogP contribution in [0.15, 0.2) is 41.3 Å². The van der Waals surface area contributed by atoms with Crippen molar-refractivity contribution in [2.75, 3.05) is 49.5 Å². The second-order valence-corrected chi connectivity index (χ2v) is 10.1. The molecule has 2 aromatic carbocycles. The molecule has 0 bridgehead atoms. The van der Waals surface area contributed by atoms with Crippen molar-refractivity contribution >= 4 is 44.9 Å². The Morgan fingerprint density at radius 2 is 1.74 bits per heavy atom. The first kappa shape index (κ1) is 31.5. The summed E-state index contributed by atoms with van der Waals surface area (Å²) in [6, 6.07) is 10.9. The summed E-state index contributed by atoms with van der Waals surface area (Å²) in [6.45, 7) is 3.57. The van der Waals surface area contributed by atoms with Crippen molar-refractivity contribution in [3.05, 3.63) is 47.0 Å². The number of aliphatic carboxylic acids is 1. The van der Waals surface area contributed by atoms with Crippen LogP contribution in [0.3, 0.4) is 0 Å². The molecule has 0 unspecified atom stereocenters. The average Bonchev–Trinajstić information content (AvgIpc) is 2.87. The Morgan fingerprint density at radius 1 is 1.13 bits per heavy atom. The Bertz CT molecular complexity index is 1340. The summed E-state index contributed by atoms with van der Waals surface area (Å²) in [5, 5.41) is 25.8. The van der Waals surface area contributed by atoms with Crippen LogP contribution in [0.5, 0.6) is 5.75 Å². The van der Waals surface area contributed by atoms with Gasteiger partial charge in [0.15, 0.2) is 0 Å². The van der Waals surface area contributed by atoms with E-state index < -0.39 is 28.1 Å². The maximum atomic E-state index is 12.9. The van der Waals surface area contributed by atoms with Crippen LogP contribution < -0.4 is 14.4 Å². The fourth-order valence-electron chi connectivity index (χ4n) is 3.49. The second-order valence-electron chi connectivity index (χ2n) is 7.98. The molecular weight excluding hydrogens is 569 g/mol. The van der Waals surface area contributed by atoms with Crippen molar-refractivity contribution in [2.45, 2.75) is 17.5 Å². The second kappa shape index (κ2) is 13.4. The number of hydrogen-bond donors (Lipinski definition) is 3. The molecule has 1 aliphatic heterocycles. The highest BCUT2D eigenvalue weighted by molar-refractivity contribution is 7.92. The summed E-state index contributed by atoms with van der Waals surface area (Å²) >= 11 is 5.94. The van der Waals surface area contributed by atoms with E-state index in [1.165, 1.54) is 37.4 Å². The fourth-order valence-corrected chi connectivity index (χ4v) is 5.01. The van der Waals surface area contributed by atoms with Crippen molar-refractivity contribution in [3.63, 3.8) is 0 Å². The SMILES string of the molecule is COc1ccc(Cl)cc1S(=O)(=O)Nc1ccc(N2CCN(CCC#N)CC2)cc1C(=O)O.O=C(O)C(F)(F)F. The van der Waals surface area contributed by atoms with Crippen LogP contribution in [-0.2, 0) is 14.8 Å². The third-order valence-electron chi connectivity index (χ3n) is 5.41. The number of benzene rings is 2. The lowest BCUT2D eigenvalue weighted by atomic mass is 10.1. The lowest BCUT2D eigenvalue weighted by Crippen LogP contribution is -2.46. The van der Waals surface area contributed by atoms with Gasteiger partial charge in [0.2, 0.25) is 0 Å². The number of nitriles is 1. The minimum atomic E-state index is -5.08. The summed E-state index contributed by atoms with van der Waals surface area (Å²) in [4.78, 5) is 24.8. The molecule has 0 saturated carbocycles. The number of ether oxygens (including phenoxy) is 1. The molecule has 1 heterocycles. The van der Waals surface area contributed by atoms with Crippen molar-refractivity contribution < 1.29 is 46.1 Å². The number of sulfonamides is 1. The van der Waals surface area contributed by atoms with E-state index in [2.05, 4.69) is 15.7 Å². The van der Waals surface area contributed by atoms with Gasteiger partial charge in [0, 0.05) is 49.9 Å². The normalized spacial score (nSPS) is 14.0. The topological polar surface area (TPSA) is 160 Å². The minimum absolute atomic E-state index is 0.0593. The predicted octanol–water partition coefficient (Wildman–Crippen LogP) is 3.52. The molecule has 3 rings (SSSR count). The van der Waals surface area contributed by atoms with Gasteiger partial charge in [0.05, 0.1) is 24.4 Å². The fraction of sp³-hybridized carbons (Fsp3) is 0.348. The minimum Gasteiger partial charge on any atom is -0.495 e. The molecule has 0 spiro atoms. The summed E-state index contributed by atoms with van der Waals surface area (Å²) in [5.41, 5.74) is 0.459. The largest absolute Gasteiger partial charge is 0.495 e. The van der Waals surface area contributed by atoms with E-state index >= 15 is 0 Å². The molecular formula is C23H24ClF3N4O7S. The Morgan fingerprint density at radius 3 is 2.26 bits per heavy atom. The monoisotopic (exact) mass is 592 g/mol. The van der Waals surface area contributed by atoms with Gasteiger partial charge >= 0.3 is 18.1 Å². The molecule has 11 nitrogen and oxygen atoms in total. The number of carbonyl (C=O) groups is 2. The van der Waals surface area contributed by atoms with Crippen LogP contribution in [0, 0.1) is 11.3 Å². The van der Waals surface area contributed by atoms with E-state index in [0.29, 0.717) is 31.7 Å². The molecule has 1 fully saturated rings. The number of piperazine rings is 1. The number of halogens is 4. The zero-order valence-corrected chi connectivity index (χ0v) is 22.0. The zero-order valence-electron chi connectivity index (χ0n) is 20.4. The summed E-state index contributed by atoms with van der Waals surface area (Å²) in [7, 11) is -2.82. The van der Waals surface area contributed by atoms with Crippen LogP contribution in [-0.4, -0.2) is 81.5 Å². The number of alkyl halides is 3. The van der Waals surface area contributed by atoms with Crippen LogP contribution in [0.25, 0.3) is 0 Å². The molecule has 2 aromatic rings. The van der Waals surface area contributed by atoms with Gasteiger partial charge in [0.1, 0.15) is 10.6 Å². The first-order valence-corrected chi connectivity index (χ1v) is 12.9. The van der Waals surface area contributed by atoms with Gasteiger partial charge < -0.3 is 19.8 Å². The van der Waals surface area contributed by atoms with Gasteiger partial charge in [-0.15, -0.1) is 0 Å². The summed E-state index contributed by atoms with van der Waals surface area (Å²) in [5.74, 6) is -3.92. The quantitative estimate of drug-likeness (QED) is 0.414. The lowest BCUT2D eigenvalue weighted by molar-refractivity contribution is -0.192. The summed E-state index contributed by atoms with van der Waals surface area (Å²) in [6.07, 6.45) is -4.62. The van der Waals surface area contributed by atoms with Crippen molar-refractivity contribution in [1.29, 1.82) is 5.26 Å². The van der Waals surface area contributed by atoms with Gasteiger partial charge in [-0.2, -0.15) is 18.4 Å². The van der Waals surface area contributed by atoms with Crippen LogP contribution >= 0.6 is 11.6 Å². The van der Waals surface area contributed by atoms with Crippen molar-refractivity contribution in [1.82, 2.24) is 4.90 Å². The zero-order chi connectivity index (χ0) is 29.4. The van der Waals surface area contributed by atoms with E-state index in [4.69, 9.17) is 31.5 Å².